The van der Waals surface area contributed by atoms with Crippen LogP contribution in [-0.2, 0) is 6.42 Å². The first-order valence-corrected chi connectivity index (χ1v) is 8.89. The van der Waals surface area contributed by atoms with Crippen LogP contribution in [0, 0.1) is 12.8 Å². The second-order valence-electron chi connectivity index (χ2n) is 6.69. The van der Waals surface area contributed by atoms with E-state index in [-0.39, 0.29) is 0 Å². The number of thiophene rings is 1. The van der Waals surface area contributed by atoms with Crippen LogP contribution in [0.15, 0.2) is 12.1 Å². The minimum atomic E-state index is 0.655. The van der Waals surface area contributed by atoms with Gasteiger partial charge in [-0.15, -0.1) is 11.3 Å². The molecule has 0 radical (unpaired) electrons. The van der Waals surface area contributed by atoms with Crippen LogP contribution in [0.5, 0.6) is 0 Å². The molecule has 0 amide bonds. The van der Waals surface area contributed by atoms with Crippen molar-refractivity contribution in [2.75, 3.05) is 19.6 Å². The summed E-state index contributed by atoms with van der Waals surface area (Å²) < 4.78 is 0. The topological polar surface area (TPSA) is 15.3 Å². The van der Waals surface area contributed by atoms with E-state index in [1.165, 1.54) is 48.7 Å². The van der Waals surface area contributed by atoms with Gasteiger partial charge in [0, 0.05) is 28.4 Å². The van der Waals surface area contributed by atoms with Crippen LogP contribution < -0.4 is 5.32 Å². The molecule has 0 aliphatic carbocycles. The maximum absolute atomic E-state index is 3.73. The van der Waals surface area contributed by atoms with Gasteiger partial charge in [-0.1, -0.05) is 13.8 Å². The van der Waals surface area contributed by atoms with E-state index in [1.54, 1.807) is 0 Å². The minimum absolute atomic E-state index is 0.655. The molecule has 2 nitrogen and oxygen atoms in total. The largest absolute Gasteiger partial charge is 0.313 e. The summed E-state index contributed by atoms with van der Waals surface area (Å²) in [6.07, 6.45) is 3.77. The lowest BCUT2D eigenvalue weighted by molar-refractivity contribution is 0.197. The Bertz CT molecular complexity index is 399. The van der Waals surface area contributed by atoms with E-state index in [1.807, 2.05) is 11.3 Å². The number of nitrogens with one attached hydrogen (secondary N) is 1. The summed E-state index contributed by atoms with van der Waals surface area (Å²) in [4.78, 5) is 5.66. The van der Waals surface area contributed by atoms with Gasteiger partial charge in [-0.05, 0) is 64.3 Å². The van der Waals surface area contributed by atoms with E-state index >= 15 is 0 Å². The quantitative estimate of drug-likeness (QED) is 0.891. The molecule has 0 bridgehead atoms. The average Bonchev–Trinajstić information content (AvgIpc) is 2.63. The molecule has 1 fully saturated rings. The van der Waals surface area contributed by atoms with E-state index in [9.17, 15) is 0 Å². The second kappa shape index (κ2) is 7.58. The van der Waals surface area contributed by atoms with Crippen molar-refractivity contribution in [3.05, 3.63) is 21.9 Å². The van der Waals surface area contributed by atoms with Gasteiger partial charge in [0.25, 0.3) is 0 Å². The summed E-state index contributed by atoms with van der Waals surface area (Å²) in [5, 5.41) is 3.73. The number of nitrogens with zero attached hydrogens (tertiary/aromatic N) is 1. The molecule has 1 N–H and O–H groups in total. The van der Waals surface area contributed by atoms with Crippen LogP contribution in [0.25, 0.3) is 0 Å². The second-order valence-corrected chi connectivity index (χ2v) is 8.07. The zero-order valence-corrected chi connectivity index (χ0v) is 14.3. The van der Waals surface area contributed by atoms with Crippen molar-refractivity contribution < 1.29 is 0 Å². The van der Waals surface area contributed by atoms with Crippen molar-refractivity contribution >= 4 is 11.3 Å². The molecule has 2 rings (SSSR count). The van der Waals surface area contributed by atoms with Crippen molar-refractivity contribution in [1.82, 2.24) is 10.2 Å². The Morgan fingerprint density at radius 2 is 2.15 bits per heavy atom. The first-order chi connectivity index (χ1) is 9.54. The first kappa shape index (κ1) is 16.0. The predicted molar refractivity (Wildman–Crippen MR) is 89.7 cm³/mol. The number of hydrogen-bond acceptors (Lipinski definition) is 3. The molecule has 1 saturated heterocycles. The Balaban J connectivity index is 1.91. The van der Waals surface area contributed by atoms with Crippen LogP contribution in [-0.4, -0.2) is 36.6 Å². The average molecular weight is 295 g/mol. The molecule has 1 aliphatic heterocycles. The van der Waals surface area contributed by atoms with Gasteiger partial charge in [-0.25, -0.2) is 0 Å². The SMILES string of the molecule is Cc1ccc(CC(C)N2CCCNC(CC(C)C)C2)s1. The highest BCUT2D eigenvalue weighted by Gasteiger charge is 2.22. The normalized spacial score (nSPS) is 22.9. The van der Waals surface area contributed by atoms with Crippen LogP contribution in [0.2, 0.25) is 0 Å². The molecule has 2 heterocycles. The molecular weight excluding hydrogens is 264 g/mol. The maximum Gasteiger partial charge on any atom is 0.0197 e. The Kier molecular flexibility index (Phi) is 6.06. The van der Waals surface area contributed by atoms with E-state index < -0.39 is 0 Å². The Hall–Kier alpha value is -0.380. The summed E-state index contributed by atoms with van der Waals surface area (Å²) in [6, 6.07) is 5.88. The Labute approximate surface area is 128 Å². The summed E-state index contributed by atoms with van der Waals surface area (Å²) >= 11 is 1.95. The lowest BCUT2D eigenvalue weighted by atomic mass is 10.0. The predicted octanol–water partition coefficient (Wildman–Crippen LogP) is 3.70. The molecule has 1 aromatic rings. The van der Waals surface area contributed by atoms with Gasteiger partial charge in [0.15, 0.2) is 0 Å². The lowest BCUT2D eigenvalue weighted by Crippen LogP contribution is -2.42. The van der Waals surface area contributed by atoms with Crippen LogP contribution in [0.3, 0.4) is 0 Å². The fourth-order valence-corrected chi connectivity index (χ4v) is 4.18. The van der Waals surface area contributed by atoms with E-state index in [0.29, 0.717) is 12.1 Å². The molecule has 114 valence electrons. The van der Waals surface area contributed by atoms with Crippen LogP contribution in [0.1, 0.15) is 43.4 Å². The molecule has 20 heavy (non-hydrogen) atoms. The summed E-state index contributed by atoms with van der Waals surface area (Å²) in [5.74, 6) is 0.780. The van der Waals surface area contributed by atoms with Crippen molar-refractivity contribution in [2.24, 2.45) is 5.92 Å². The van der Waals surface area contributed by atoms with Crippen molar-refractivity contribution in [2.45, 2.75) is 59.0 Å². The van der Waals surface area contributed by atoms with Gasteiger partial charge in [0.1, 0.15) is 0 Å². The standard InChI is InChI=1S/C17H30N2S/c1-13(2)10-16-12-19(9-5-8-18-16)14(3)11-17-7-6-15(4)20-17/h6-7,13-14,16,18H,5,8-12H2,1-4H3. The lowest BCUT2D eigenvalue weighted by Gasteiger charge is -2.30. The van der Waals surface area contributed by atoms with Gasteiger partial charge in [-0.2, -0.15) is 0 Å². The van der Waals surface area contributed by atoms with E-state index in [0.717, 1.165) is 5.92 Å². The van der Waals surface area contributed by atoms with Crippen molar-refractivity contribution in [1.29, 1.82) is 0 Å². The summed E-state index contributed by atoms with van der Waals surface area (Å²) in [7, 11) is 0. The first-order valence-electron chi connectivity index (χ1n) is 8.07. The molecule has 3 heteroatoms. The third-order valence-electron chi connectivity index (χ3n) is 4.18. The highest BCUT2D eigenvalue weighted by atomic mass is 32.1. The molecular formula is C17H30N2S. The van der Waals surface area contributed by atoms with E-state index in [2.05, 4.69) is 50.0 Å². The molecule has 0 saturated carbocycles. The third-order valence-corrected chi connectivity index (χ3v) is 5.20. The molecule has 2 atom stereocenters. The van der Waals surface area contributed by atoms with Gasteiger partial charge in [0.2, 0.25) is 0 Å². The minimum Gasteiger partial charge on any atom is -0.313 e. The fourth-order valence-electron chi connectivity index (χ4n) is 3.17. The number of rotatable bonds is 5. The summed E-state index contributed by atoms with van der Waals surface area (Å²) in [6.45, 7) is 12.9. The van der Waals surface area contributed by atoms with Gasteiger partial charge in [-0.3, -0.25) is 4.90 Å². The third kappa shape index (κ3) is 4.87. The monoisotopic (exact) mass is 294 g/mol. The van der Waals surface area contributed by atoms with Crippen LogP contribution in [0.4, 0.5) is 0 Å². The van der Waals surface area contributed by atoms with Crippen molar-refractivity contribution in [3.63, 3.8) is 0 Å². The maximum atomic E-state index is 3.73. The van der Waals surface area contributed by atoms with Gasteiger partial charge in [0.05, 0.1) is 0 Å². The number of aryl methyl sites for hydroxylation is 1. The smallest absolute Gasteiger partial charge is 0.0197 e. The van der Waals surface area contributed by atoms with Crippen molar-refractivity contribution in [3.8, 4) is 0 Å². The van der Waals surface area contributed by atoms with E-state index in [4.69, 9.17) is 0 Å². The molecule has 1 aliphatic rings. The van der Waals surface area contributed by atoms with Crippen LogP contribution >= 0.6 is 11.3 Å². The summed E-state index contributed by atoms with van der Waals surface area (Å²) in [5.41, 5.74) is 0. The highest BCUT2D eigenvalue weighted by Crippen LogP contribution is 2.20. The van der Waals surface area contributed by atoms with Gasteiger partial charge < -0.3 is 5.32 Å². The highest BCUT2D eigenvalue weighted by molar-refractivity contribution is 7.11. The molecule has 1 aromatic heterocycles. The molecule has 0 aromatic carbocycles. The fraction of sp³-hybridized carbons (Fsp3) is 0.765. The Morgan fingerprint density at radius 3 is 2.80 bits per heavy atom. The van der Waals surface area contributed by atoms with Gasteiger partial charge >= 0.3 is 0 Å². The molecule has 0 spiro atoms. The zero-order chi connectivity index (χ0) is 14.5. The molecule has 2 unspecified atom stereocenters. The number of hydrogen-bond donors (Lipinski definition) is 1. The Morgan fingerprint density at radius 1 is 1.35 bits per heavy atom. The zero-order valence-electron chi connectivity index (χ0n) is 13.5.